The van der Waals surface area contributed by atoms with Crippen LogP contribution in [-0.4, -0.2) is 20.7 Å². The van der Waals surface area contributed by atoms with Gasteiger partial charge in [-0.3, -0.25) is 9.55 Å². The predicted molar refractivity (Wildman–Crippen MR) is 128 cm³/mol. The Kier molecular flexibility index (Phi) is 5.10. The number of nitrogens with two attached hydrogens (primary N) is 1. The van der Waals surface area contributed by atoms with Crippen molar-refractivity contribution in [3.63, 3.8) is 0 Å². The Hall–Kier alpha value is -4.08. The molecule has 5 rings (SSSR count). The number of nitrogens with zero attached hydrogens (tertiary/aromatic N) is 3. The van der Waals surface area contributed by atoms with Crippen LogP contribution in [0.5, 0.6) is 0 Å². The highest BCUT2D eigenvalue weighted by molar-refractivity contribution is 5.98. The van der Waals surface area contributed by atoms with Gasteiger partial charge in [-0.15, -0.1) is 0 Å². The summed E-state index contributed by atoms with van der Waals surface area (Å²) in [5, 5.41) is 12.9. The monoisotopic (exact) mass is 421 g/mol. The predicted octanol–water partition coefficient (Wildman–Crippen LogP) is 4.55. The molecule has 0 aliphatic rings. The summed E-state index contributed by atoms with van der Waals surface area (Å²) in [5.74, 6) is 0. The molecular weight excluding hydrogens is 398 g/mol. The van der Waals surface area contributed by atoms with Crippen molar-refractivity contribution in [3.05, 3.63) is 89.1 Å². The highest BCUT2D eigenvalue weighted by Gasteiger charge is 2.22. The van der Waals surface area contributed by atoms with Gasteiger partial charge in [-0.05, 0) is 36.9 Å². The molecule has 0 fully saturated rings. The summed E-state index contributed by atoms with van der Waals surface area (Å²) in [7, 11) is 0. The van der Waals surface area contributed by atoms with Crippen LogP contribution < -0.4 is 11.4 Å². The molecule has 3 aromatic carbocycles. The Morgan fingerprint density at radius 3 is 2.50 bits per heavy atom. The zero-order valence-corrected chi connectivity index (χ0v) is 17.6. The summed E-state index contributed by atoms with van der Waals surface area (Å²) in [6, 6.07) is 24.1. The van der Waals surface area contributed by atoms with Gasteiger partial charge in [0.1, 0.15) is 11.8 Å². The van der Waals surface area contributed by atoms with Crippen molar-refractivity contribution in [2.75, 3.05) is 6.54 Å². The first-order valence-electron chi connectivity index (χ1n) is 10.7. The third kappa shape index (κ3) is 3.20. The molecule has 0 amide bonds. The fraction of sp³-hybridized carbons (Fsp3) is 0.154. The van der Waals surface area contributed by atoms with Crippen molar-refractivity contribution in [2.45, 2.75) is 19.4 Å². The quantitative estimate of drug-likeness (QED) is 0.394. The van der Waals surface area contributed by atoms with Gasteiger partial charge in [0, 0.05) is 34.6 Å². The first-order valence-corrected chi connectivity index (χ1v) is 10.7. The highest BCUT2D eigenvalue weighted by atomic mass is 16.1. The Balaban J connectivity index is 1.80. The number of benzene rings is 3. The van der Waals surface area contributed by atoms with Crippen molar-refractivity contribution >= 4 is 21.7 Å². The van der Waals surface area contributed by atoms with Gasteiger partial charge in [0.2, 0.25) is 0 Å². The van der Waals surface area contributed by atoms with Gasteiger partial charge >= 0.3 is 5.69 Å². The van der Waals surface area contributed by atoms with Crippen LogP contribution in [0.3, 0.4) is 0 Å². The minimum atomic E-state index is -0.326. The second-order valence-corrected chi connectivity index (χ2v) is 7.85. The molecule has 0 radical (unpaired) electrons. The molecule has 0 spiro atoms. The molecule has 0 saturated carbocycles. The molecule has 0 unspecified atom stereocenters. The number of para-hydroxylation sites is 1. The molecule has 0 atom stereocenters. The van der Waals surface area contributed by atoms with E-state index in [1.165, 1.54) is 0 Å². The number of unbranched alkanes of at least 4 members (excludes halogenated alkanes) is 1. The normalized spacial score (nSPS) is 11.2. The summed E-state index contributed by atoms with van der Waals surface area (Å²) in [5.41, 5.74) is 8.88. The van der Waals surface area contributed by atoms with Gasteiger partial charge < -0.3 is 10.3 Å². The average Bonchev–Trinajstić information content (AvgIpc) is 3.36. The minimum absolute atomic E-state index is 0.257. The second kappa shape index (κ2) is 8.22. The van der Waals surface area contributed by atoms with Gasteiger partial charge in [0.25, 0.3) is 0 Å². The Morgan fingerprint density at radius 2 is 1.69 bits per heavy atom. The molecule has 0 saturated heterocycles. The van der Waals surface area contributed by atoms with Crippen molar-refractivity contribution in [3.8, 4) is 23.0 Å². The number of aryl methyl sites for hydroxylation is 1. The number of hydrogen-bond donors (Lipinski definition) is 2. The number of imidazole rings is 1. The number of aromatic nitrogens is 3. The number of hydrogen-bond acceptors (Lipinski definition) is 3. The van der Waals surface area contributed by atoms with Crippen molar-refractivity contribution < 1.29 is 0 Å². The molecule has 0 aliphatic heterocycles. The molecule has 6 nitrogen and oxygen atoms in total. The molecule has 3 N–H and O–H groups in total. The maximum absolute atomic E-state index is 13.1. The lowest BCUT2D eigenvalue weighted by atomic mass is 10.1. The largest absolute Gasteiger partial charge is 0.347 e. The maximum Gasteiger partial charge on any atom is 0.331 e. The molecule has 158 valence electrons. The van der Waals surface area contributed by atoms with E-state index in [4.69, 9.17) is 5.73 Å². The third-order valence-corrected chi connectivity index (χ3v) is 5.91. The smallest absolute Gasteiger partial charge is 0.331 e. The van der Waals surface area contributed by atoms with Crippen LogP contribution in [0.15, 0.2) is 77.7 Å². The minimum Gasteiger partial charge on any atom is -0.347 e. The van der Waals surface area contributed by atoms with Crippen LogP contribution in [0.25, 0.3) is 38.6 Å². The molecule has 5 aromatic rings. The zero-order valence-electron chi connectivity index (χ0n) is 17.6. The van der Waals surface area contributed by atoms with E-state index in [1.54, 1.807) is 4.57 Å². The molecule has 0 aliphatic carbocycles. The number of nitriles is 1. The van der Waals surface area contributed by atoms with Gasteiger partial charge in [0.15, 0.2) is 0 Å². The SMILES string of the molecule is N#Cc1[nH]c(=O)n(-c2cccc3ccccc23)c1-c1cn(CCCCN)c2ccccc12. The van der Waals surface area contributed by atoms with Gasteiger partial charge in [-0.25, -0.2) is 4.79 Å². The number of aromatic amines is 1. The lowest BCUT2D eigenvalue weighted by Crippen LogP contribution is -2.16. The molecular formula is C26H23N5O. The standard InChI is InChI=1S/C26H23N5O/c27-14-5-6-15-30-17-21(20-11-3-4-12-23(20)30)25-22(16-28)29-26(32)31(25)24-13-7-9-18-8-1-2-10-19(18)24/h1-4,7-13,17H,5-6,14-15,27H2,(H,29,32). The number of H-pyrrole nitrogens is 1. The van der Waals surface area contributed by atoms with E-state index in [0.717, 1.165) is 52.3 Å². The molecule has 6 heteroatoms. The van der Waals surface area contributed by atoms with E-state index < -0.39 is 0 Å². The molecule has 32 heavy (non-hydrogen) atoms. The van der Waals surface area contributed by atoms with Crippen LogP contribution in [0.4, 0.5) is 0 Å². The number of nitrogens with one attached hydrogen (secondary N) is 1. The van der Waals surface area contributed by atoms with Crippen molar-refractivity contribution in [1.29, 1.82) is 5.26 Å². The highest BCUT2D eigenvalue weighted by Crippen LogP contribution is 2.34. The molecule has 2 heterocycles. The topological polar surface area (TPSA) is 92.5 Å². The van der Waals surface area contributed by atoms with E-state index in [0.29, 0.717) is 12.2 Å². The van der Waals surface area contributed by atoms with Gasteiger partial charge in [0.05, 0.1) is 11.4 Å². The van der Waals surface area contributed by atoms with Gasteiger partial charge in [-0.1, -0.05) is 54.6 Å². The second-order valence-electron chi connectivity index (χ2n) is 7.85. The summed E-state index contributed by atoms with van der Waals surface area (Å²) in [6.07, 6.45) is 3.95. The maximum atomic E-state index is 13.1. The summed E-state index contributed by atoms with van der Waals surface area (Å²) >= 11 is 0. The Morgan fingerprint density at radius 1 is 0.938 bits per heavy atom. The third-order valence-electron chi connectivity index (χ3n) is 5.91. The summed E-state index contributed by atoms with van der Waals surface area (Å²) < 4.78 is 3.82. The first kappa shape index (κ1) is 19.9. The molecule has 0 bridgehead atoms. The van der Waals surface area contributed by atoms with Crippen molar-refractivity contribution in [2.24, 2.45) is 5.73 Å². The fourth-order valence-electron chi connectivity index (χ4n) is 4.45. The van der Waals surface area contributed by atoms with E-state index >= 15 is 0 Å². The lowest BCUT2D eigenvalue weighted by Gasteiger charge is -2.11. The van der Waals surface area contributed by atoms with Crippen molar-refractivity contribution in [1.82, 2.24) is 14.1 Å². The van der Waals surface area contributed by atoms with Crippen LogP contribution in [0, 0.1) is 11.3 Å². The summed E-state index contributed by atoms with van der Waals surface area (Å²) in [4.78, 5) is 15.9. The van der Waals surface area contributed by atoms with E-state index in [-0.39, 0.29) is 11.4 Å². The van der Waals surface area contributed by atoms with Crippen LogP contribution >= 0.6 is 0 Å². The van der Waals surface area contributed by atoms with Crippen LogP contribution in [0.2, 0.25) is 0 Å². The average molecular weight is 422 g/mol. The number of rotatable bonds is 6. The number of fused-ring (bicyclic) bond motifs is 2. The van der Waals surface area contributed by atoms with E-state index in [1.807, 2.05) is 66.9 Å². The summed E-state index contributed by atoms with van der Waals surface area (Å²) in [6.45, 7) is 1.48. The van der Waals surface area contributed by atoms with Crippen LogP contribution in [-0.2, 0) is 6.54 Å². The Labute approximate surface area is 185 Å². The zero-order chi connectivity index (χ0) is 22.1. The lowest BCUT2D eigenvalue weighted by molar-refractivity contribution is 0.631. The Bertz CT molecular complexity index is 1520. The molecule has 2 aromatic heterocycles. The van der Waals surface area contributed by atoms with E-state index in [9.17, 15) is 10.1 Å². The van der Waals surface area contributed by atoms with Gasteiger partial charge in [-0.2, -0.15) is 5.26 Å². The van der Waals surface area contributed by atoms with Crippen LogP contribution in [0.1, 0.15) is 18.5 Å². The van der Waals surface area contributed by atoms with E-state index in [2.05, 4.69) is 21.7 Å². The fourth-order valence-corrected chi connectivity index (χ4v) is 4.45. The first-order chi connectivity index (χ1) is 15.7.